The van der Waals surface area contributed by atoms with Crippen molar-refractivity contribution in [3.05, 3.63) is 48.0 Å². The minimum atomic E-state index is -4.70. The molecule has 4 rings (SSSR count). The molecule has 0 aliphatic heterocycles. The van der Waals surface area contributed by atoms with Crippen molar-refractivity contribution in [2.75, 3.05) is 5.75 Å². The Balaban J connectivity index is 1.91. The minimum Gasteiger partial charge on any atom is -0.310 e. The third kappa shape index (κ3) is 4.10. The molecule has 180 valence electrons. The molecule has 34 heavy (non-hydrogen) atoms. The van der Waals surface area contributed by atoms with E-state index in [1.54, 1.807) is 0 Å². The van der Waals surface area contributed by atoms with Crippen LogP contribution in [-0.2, 0) is 29.2 Å². The molecule has 0 saturated carbocycles. The highest BCUT2D eigenvalue weighted by Crippen LogP contribution is 2.33. The number of nitrogens with zero attached hydrogens (tertiary/aromatic N) is 6. The number of imidazole rings is 1. The lowest BCUT2D eigenvalue weighted by atomic mass is 10.2. The Kier molecular flexibility index (Phi) is 5.42. The van der Waals surface area contributed by atoms with Gasteiger partial charge < -0.3 is 4.57 Å². The summed E-state index contributed by atoms with van der Waals surface area (Å²) in [7, 11) is -2.57. The zero-order valence-corrected chi connectivity index (χ0v) is 18.2. The molecule has 4 aromatic rings. The molecule has 0 N–H and O–H groups in total. The predicted octanol–water partition coefficient (Wildman–Crippen LogP) is 4.05. The largest absolute Gasteiger partial charge is 0.435 e. The van der Waals surface area contributed by atoms with Gasteiger partial charge in [-0.25, -0.2) is 28.1 Å². The van der Waals surface area contributed by atoms with Gasteiger partial charge in [-0.2, -0.15) is 31.4 Å². The second-order valence-electron chi connectivity index (χ2n) is 7.15. The number of hydrogen-bond donors (Lipinski definition) is 0. The van der Waals surface area contributed by atoms with E-state index in [9.17, 15) is 34.8 Å². The first-order chi connectivity index (χ1) is 15.7. The fraction of sp³-hybridized carbons (Fsp3) is 0.263. The number of aryl methyl sites for hydroxylation is 1. The Morgan fingerprint density at radius 1 is 1.00 bits per heavy atom. The predicted molar refractivity (Wildman–Crippen MR) is 107 cm³/mol. The van der Waals surface area contributed by atoms with Crippen molar-refractivity contribution in [2.45, 2.75) is 24.2 Å². The second kappa shape index (κ2) is 7.78. The van der Waals surface area contributed by atoms with Crippen molar-refractivity contribution in [3.63, 3.8) is 0 Å². The van der Waals surface area contributed by atoms with Gasteiger partial charge in [0, 0.05) is 19.4 Å². The molecule has 4 heterocycles. The lowest BCUT2D eigenvalue weighted by molar-refractivity contribution is -0.141. The van der Waals surface area contributed by atoms with E-state index in [1.165, 1.54) is 18.5 Å². The number of fused-ring (bicyclic) bond motifs is 1. The number of aromatic nitrogens is 6. The summed E-state index contributed by atoms with van der Waals surface area (Å²) in [6.45, 7) is 1.35. The van der Waals surface area contributed by atoms with Crippen LogP contribution in [0, 0.1) is 0 Å². The van der Waals surface area contributed by atoms with E-state index in [0.717, 1.165) is 35.3 Å². The molecule has 0 amide bonds. The normalized spacial score (nSPS) is 13.1. The van der Waals surface area contributed by atoms with Gasteiger partial charge in [0.25, 0.3) is 0 Å². The molecule has 0 aliphatic rings. The van der Waals surface area contributed by atoms with Gasteiger partial charge in [-0.15, -0.1) is 0 Å². The molecule has 0 bridgehead atoms. The van der Waals surface area contributed by atoms with E-state index in [2.05, 4.69) is 20.1 Å². The van der Waals surface area contributed by atoms with Crippen LogP contribution in [0.4, 0.5) is 26.3 Å². The van der Waals surface area contributed by atoms with Crippen LogP contribution in [0.25, 0.3) is 28.4 Å². The summed E-state index contributed by atoms with van der Waals surface area (Å²) >= 11 is 0. The molecular weight excluding hydrogens is 490 g/mol. The molecule has 0 aliphatic carbocycles. The van der Waals surface area contributed by atoms with E-state index in [1.807, 2.05) is 0 Å². The van der Waals surface area contributed by atoms with Gasteiger partial charge >= 0.3 is 12.4 Å². The number of sulfone groups is 1. The van der Waals surface area contributed by atoms with Crippen LogP contribution in [0.3, 0.4) is 0 Å². The third-order valence-electron chi connectivity index (χ3n) is 4.95. The molecule has 0 aromatic carbocycles. The number of hydrogen-bond acceptors (Lipinski definition) is 6. The Morgan fingerprint density at radius 3 is 2.29 bits per heavy atom. The highest BCUT2D eigenvalue weighted by molar-refractivity contribution is 7.91. The van der Waals surface area contributed by atoms with Crippen LogP contribution in [0.5, 0.6) is 0 Å². The quantitative estimate of drug-likeness (QED) is 0.389. The highest BCUT2D eigenvalue weighted by atomic mass is 32.2. The van der Waals surface area contributed by atoms with Gasteiger partial charge in [0.1, 0.15) is 11.2 Å². The zero-order valence-electron chi connectivity index (χ0n) is 17.3. The van der Waals surface area contributed by atoms with Crippen LogP contribution in [-0.4, -0.2) is 43.5 Å². The van der Waals surface area contributed by atoms with Crippen LogP contribution in [0.15, 0.2) is 41.7 Å². The Hall–Kier alpha value is -3.49. The average molecular weight is 504 g/mol. The molecule has 8 nitrogen and oxygen atoms in total. The van der Waals surface area contributed by atoms with E-state index in [-0.39, 0.29) is 39.0 Å². The molecule has 0 radical (unpaired) electrons. The number of pyridine rings is 2. The summed E-state index contributed by atoms with van der Waals surface area (Å²) in [5.41, 5.74) is -2.56. The van der Waals surface area contributed by atoms with Gasteiger partial charge in [-0.05, 0) is 18.2 Å². The molecule has 0 fully saturated rings. The van der Waals surface area contributed by atoms with Crippen LogP contribution in [0.2, 0.25) is 0 Å². The fourth-order valence-electron chi connectivity index (χ4n) is 3.18. The summed E-state index contributed by atoms with van der Waals surface area (Å²) in [6.07, 6.45) is -6.64. The molecule has 0 saturated heterocycles. The molecular formula is C19H14F6N6O2S. The standard InChI is InChI=1S/C19H14F6N6O2S/c1-3-34(32,33)13-7-11(31-5-4-14(29-31)19(23,24)25)9-26-15(13)17-28-12-6-10(18(20,21)22)8-27-16(12)30(17)2/h4-9H,3H2,1-2H3. The lowest BCUT2D eigenvalue weighted by Gasteiger charge is -2.11. The molecule has 0 atom stereocenters. The summed E-state index contributed by atoms with van der Waals surface area (Å²) in [5.74, 6) is -0.463. The van der Waals surface area contributed by atoms with Crippen molar-refractivity contribution >= 4 is 21.0 Å². The second-order valence-corrected chi connectivity index (χ2v) is 9.39. The first kappa shape index (κ1) is 23.7. The van der Waals surface area contributed by atoms with Gasteiger partial charge in [0.05, 0.1) is 28.1 Å². The van der Waals surface area contributed by atoms with E-state index in [0.29, 0.717) is 6.20 Å². The molecule has 0 spiro atoms. The monoisotopic (exact) mass is 504 g/mol. The van der Waals surface area contributed by atoms with Crippen molar-refractivity contribution in [1.29, 1.82) is 0 Å². The minimum absolute atomic E-state index is 0.0515. The van der Waals surface area contributed by atoms with E-state index in [4.69, 9.17) is 0 Å². The van der Waals surface area contributed by atoms with Crippen molar-refractivity contribution < 1.29 is 34.8 Å². The van der Waals surface area contributed by atoms with E-state index >= 15 is 0 Å². The van der Waals surface area contributed by atoms with Gasteiger partial charge in [0.2, 0.25) is 0 Å². The third-order valence-corrected chi connectivity index (χ3v) is 6.69. The molecule has 0 unspecified atom stereocenters. The molecule has 15 heteroatoms. The van der Waals surface area contributed by atoms with Crippen LogP contribution < -0.4 is 0 Å². The first-order valence-corrected chi connectivity index (χ1v) is 11.1. The fourth-order valence-corrected chi connectivity index (χ4v) is 4.23. The topological polar surface area (TPSA) is 95.6 Å². The van der Waals surface area contributed by atoms with Crippen molar-refractivity contribution in [2.24, 2.45) is 7.05 Å². The van der Waals surface area contributed by atoms with Crippen molar-refractivity contribution in [3.8, 4) is 17.2 Å². The summed E-state index contributed by atoms with van der Waals surface area (Å²) in [5, 5.41) is 3.41. The number of alkyl halides is 6. The van der Waals surface area contributed by atoms with Crippen LogP contribution in [0.1, 0.15) is 18.2 Å². The summed E-state index contributed by atoms with van der Waals surface area (Å²) in [4.78, 5) is 11.6. The molecule has 4 aromatic heterocycles. The zero-order chi connectivity index (χ0) is 25.1. The lowest BCUT2D eigenvalue weighted by Crippen LogP contribution is -2.11. The smallest absolute Gasteiger partial charge is 0.310 e. The summed E-state index contributed by atoms with van der Waals surface area (Å²) in [6, 6.07) is 2.58. The highest BCUT2D eigenvalue weighted by Gasteiger charge is 2.34. The van der Waals surface area contributed by atoms with Gasteiger partial charge in [-0.1, -0.05) is 6.92 Å². The number of rotatable bonds is 4. The average Bonchev–Trinajstić information content (AvgIpc) is 3.38. The Morgan fingerprint density at radius 2 is 1.71 bits per heavy atom. The van der Waals surface area contributed by atoms with Gasteiger partial charge in [-0.3, -0.25) is 0 Å². The number of halogens is 6. The summed E-state index contributed by atoms with van der Waals surface area (Å²) < 4.78 is 106. The SMILES string of the molecule is CCS(=O)(=O)c1cc(-n2ccc(C(F)(F)F)n2)cnc1-c1nc2cc(C(F)(F)F)cnc2n1C. The Bertz CT molecular complexity index is 1500. The maximum Gasteiger partial charge on any atom is 0.435 e. The first-order valence-electron chi connectivity index (χ1n) is 9.48. The maximum atomic E-state index is 13.0. The Labute approximate surface area is 187 Å². The van der Waals surface area contributed by atoms with Crippen LogP contribution >= 0.6 is 0 Å². The maximum absolute atomic E-state index is 13.0. The van der Waals surface area contributed by atoms with Gasteiger partial charge in [0.15, 0.2) is 27.0 Å². The van der Waals surface area contributed by atoms with Crippen molar-refractivity contribution in [1.82, 2.24) is 29.3 Å². The van der Waals surface area contributed by atoms with E-state index < -0.39 is 33.4 Å².